The summed E-state index contributed by atoms with van der Waals surface area (Å²) in [5.41, 5.74) is 1.69. The highest BCUT2D eigenvalue weighted by molar-refractivity contribution is 9.10. The molecule has 0 unspecified atom stereocenters. The highest BCUT2D eigenvalue weighted by atomic mass is 79.9. The quantitative estimate of drug-likeness (QED) is 0.160. The molecule has 5 aromatic carbocycles. The molecule has 0 aliphatic heterocycles. The van der Waals surface area contributed by atoms with E-state index >= 15 is 0 Å². The topological polar surface area (TPSA) is 17.1 Å². The second-order valence-electron chi connectivity index (χ2n) is 7.10. The van der Waals surface area contributed by atoms with Gasteiger partial charge in [-0.05, 0) is 62.2 Å². The molecular formula is C27H17BrO. The van der Waals surface area contributed by atoms with Gasteiger partial charge < -0.3 is 0 Å². The fraction of sp³-hybridized carbons (Fsp3) is 0. The summed E-state index contributed by atoms with van der Waals surface area (Å²) < 4.78 is 0.904. The van der Waals surface area contributed by atoms with E-state index in [0.29, 0.717) is 5.56 Å². The lowest BCUT2D eigenvalue weighted by molar-refractivity contribution is 0.104. The average molecular weight is 437 g/mol. The molecule has 0 radical (unpaired) electrons. The molecule has 2 heteroatoms. The third-order valence-electron chi connectivity index (χ3n) is 5.30. The van der Waals surface area contributed by atoms with Crippen molar-refractivity contribution in [3.63, 3.8) is 0 Å². The fourth-order valence-corrected chi connectivity index (χ4v) is 4.34. The van der Waals surface area contributed by atoms with E-state index in [2.05, 4.69) is 82.7 Å². The molecule has 5 rings (SSSR count). The molecule has 1 nitrogen and oxygen atoms in total. The van der Waals surface area contributed by atoms with Gasteiger partial charge in [-0.2, -0.15) is 0 Å². The van der Waals surface area contributed by atoms with Crippen LogP contribution in [0.3, 0.4) is 0 Å². The maximum absolute atomic E-state index is 12.5. The largest absolute Gasteiger partial charge is 0.289 e. The lowest BCUT2D eigenvalue weighted by Crippen LogP contribution is -1.93. The van der Waals surface area contributed by atoms with E-state index < -0.39 is 0 Å². The maximum atomic E-state index is 12.5. The summed E-state index contributed by atoms with van der Waals surface area (Å²) in [5.74, 6) is -0.00485. The predicted octanol–water partition coefficient (Wildman–Crippen LogP) is 7.80. The Morgan fingerprint density at radius 3 is 1.83 bits per heavy atom. The molecule has 5 aromatic rings. The number of fused-ring (bicyclic) bond motifs is 6. The average Bonchev–Trinajstić information content (AvgIpc) is 2.77. The highest BCUT2D eigenvalue weighted by Crippen LogP contribution is 2.35. The van der Waals surface area contributed by atoms with Crippen LogP contribution in [0.2, 0.25) is 0 Å². The molecular weight excluding hydrogens is 420 g/mol. The molecule has 0 atom stereocenters. The molecule has 138 valence electrons. The molecule has 0 saturated heterocycles. The zero-order chi connectivity index (χ0) is 19.8. The second kappa shape index (κ2) is 7.31. The third kappa shape index (κ3) is 3.26. The van der Waals surface area contributed by atoms with Crippen molar-refractivity contribution < 1.29 is 4.79 Å². The minimum atomic E-state index is -0.00485. The zero-order valence-electron chi connectivity index (χ0n) is 15.6. The summed E-state index contributed by atoms with van der Waals surface area (Å²) in [7, 11) is 0. The Bertz CT molecular complexity index is 1390. The van der Waals surface area contributed by atoms with Crippen LogP contribution in [-0.4, -0.2) is 5.78 Å². The van der Waals surface area contributed by atoms with Crippen molar-refractivity contribution in [3.8, 4) is 0 Å². The Kier molecular flexibility index (Phi) is 4.49. The molecule has 0 N–H and O–H groups in total. The van der Waals surface area contributed by atoms with Crippen molar-refractivity contribution in [1.29, 1.82) is 0 Å². The van der Waals surface area contributed by atoms with Gasteiger partial charge in [0.15, 0.2) is 5.78 Å². The van der Waals surface area contributed by atoms with Crippen LogP contribution in [0.15, 0.2) is 102 Å². The van der Waals surface area contributed by atoms with Crippen molar-refractivity contribution >= 4 is 60.1 Å². The van der Waals surface area contributed by atoms with E-state index in [0.717, 1.165) is 10.0 Å². The number of rotatable bonds is 3. The SMILES string of the molecule is O=C(C=Cc1ccc2c3ccccc3c3ccccc3c2c1)c1cccc(Br)c1. The Balaban J connectivity index is 1.65. The lowest BCUT2D eigenvalue weighted by atomic mass is 9.93. The minimum absolute atomic E-state index is 0.00485. The number of ketones is 1. The third-order valence-corrected chi connectivity index (χ3v) is 5.80. The number of benzene rings is 5. The van der Waals surface area contributed by atoms with Gasteiger partial charge in [0.2, 0.25) is 0 Å². The number of halogens is 1. The molecule has 0 amide bonds. The van der Waals surface area contributed by atoms with E-state index in [1.807, 2.05) is 30.3 Å². The summed E-state index contributed by atoms with van der Waals surface area (Å²) in [6.45, 7) is 0. The van der Waals surface area contributed by atoms with Crippen LogP contribution in [0.5, 0.6) is 0 Å². The van der Waals surface area contributed by atoms with Gasteiger partial charge in [0, 0.05) is 10.0 Å². The summed E-state index contributed by atoms with van der Waals surface area (Å²) in [6.07, 6.45) is 3.54. The summed E-state index contributed by atoms with van der Waals surface area (Å²) in [5, 5.41) is 7.44. The van der Waals surface area contributed by atoms with Crippen LogP contribution in [-0.2, 0) is 0 Å². The first-order valence-corrected chi connectivity index (χ1v) is 10.3. The highest BCUT2D eigenvalue weighted by Gasteiger charge is 2.08. The molecule has 29 heavy (non-hydrogen) atoms. The van der Waals surface area contributed by atoms with Crippen LogP contribution >= 0.6 is 15.9 Å². The van der Waals surface area contributed by atoms with Gasteiger partial charge in [-0.25, -0.2) is 0 Å². The van der Waals surface area contributed by atoms with Crippen molar-refractivity contribution in [2.75, 3.05) is 0 Å². The molecule has 0 fully saturated rings. The Labute approximate surface area is 177 Å². The van der Waals surface area contributed by atoms with Crippen molar-refractivity contribution in [2.24, 2.45) is 0 Å². The van der Waals surface area contributed by atoms with Crippen LogP contribution in [0.4, 0.5) is 0 Å². The van der Waals surface area contributed by atoms with Gasteiger partial charge in [-0.1, -0.05) is 94.8 Å². The summed E-state index contributed by atoms with van der Waals surface area (Å²) in [6, 6.07) is 30.9. The van der Waals surface area contributed by atoms with E-state index in [-0.39, 0.29) is 5.78 Å². The van der Waals surface area contributed by atoms with Gasteiger partial charge in [0.1, 0.15) is 0 Å². The molecule has 0 aromatic heterocycles. The van der Waals surface area contributed by atoms with Gasteiger partial charge in [0.05, 0.1) is 0 Å². The molecule has 0 heterocycles. The fourth-order valence-electron chi connectivity index (χ4n) is 3.94. The minimum Gasteiger partial charge on any atom is -0.289 e. The first-order chi connectivity index (χ1) is 14.2. The predicted molar refractivity (Wildman–Crippen MR) is 126 cm³/mol. The number of hydrogen-bond acceptors (Lipinski definition) is 1. The second-order valence-corrected chi connectivity index (χ2v) is 8.02. The standard InChI is InChI=1S/C27H17BrO/c28-20-7-5-6-19(17-20)27(29)15-13-18-12-14-25-23-10-2-1-8-21(23)22-9-3-4-11-24(22)26(25)16-18/h1-17H. The zero-order valence-corrected chi connectivity index (χ0v) is 17.2. The number of carbonyl (C=O) groups excluding carboxylic acids is 1. The molecule has 0 bridgehead atoms. The first kappa shape index (κ1) is 17.8. The molecule has 0 saturated carbocycles. The van der Waals surface area contributed by atoms with Gasteiger partial charge >= 0.3 is 0 Å². The summed E-state index contributed by atoms with van der Waals surface area (Å²) >= 11 is 3.42. The first-order valence-electron chi connectivity index (χ1n) is 9.52. The Morgan fingerprint density at radius 2 is 1.21 bits per heavy atom. The van der Waals surface area contributed by atoms with E-state index in [1.54, 1.807) is 6.08 Å². The maximum Gasteiger partial charge on any atom is 0.185 e. The van der Waals surface area contributed by atoms with Crippen molar-refractivity contribution in [3.05, 3.63) is 113 Å². The Hall–Kier alpha value is -3.23. The van der Waals surface area contributed by atoms with Crippen LogP contribution < -0.4 is 0 Å². The molecule has 0 spiro atoms. The van der Waals surface area contributed by atoms with Crippen molar-refractivity contribution in [1.82, 2.24) is 0 Å². The van der Waals surface area contributed by atoms with Gasteiger partial charge in [-0.15, -0.1) is 0 Å². The van der Waals surface area contributed by atoms with Gasteiger partial charge in [-0.3, -0.25) is 4.79 Å². The van der Waals surface area contributed by atoms with Crippen LogP contribution in [0.25, 0.3) is 38.4 Å². The normalized spacial score (nSPS) is 11.6. The lowest BCUT2D eigenvalue weighted by Gasteiger charge is -2.10. The Morgan fingerprint density at radius 1 is 0.621 bits per heavy atom. The molecule has 0 aliphatic rings. The number of hydrogen-bond donors (Lipinski definition) is 0. The summed E-state index contributed by atoms with van der Waals surface area (Å²) in [4.78, 5) is 12.5. The monoisotopic (exact) mass is 436 g/mol. The number of allylic oxidation sites excluding steroid dienone is 1. The smallest absolute Gasteiger partial charge is 0.185 e. The van der Waals surface area contributed by atoms with Crippen LogP contribution in [0, 0.1) is 0 Å². The van der Waals surface area contributed by atoms with Crippen LogP contribution in [0.1, 0.15) is 15.9 Å². The molecule has 0 aliphatic carbocycles. The van der Waals surface area contributed by atoms with E-state index in [9.17, 15) is 4.79 Å². The van der Waals surface area contributed by atoms with Crippen molar-refractivity contribution in [2.45, 2.75) is 0 Å². The van der Waals surface area contributed by atoms with E-state index in [1.165, 1.54) is 32.3 Å². The van der Waals surface area contributed by atoms with E-state index in [4.69, 9.17) is 0 Å². The number of carbonyl (C=O) groups is 1. The van der Waals surface area contributed by atoms with Gasteiger partial charge in [0.25, 0.3) is 0 Å².